The highest BCUT2D eigenvalue weighted by Crippen LogP contribution is 2.23. The minimum absolute atomic E-state index is 0.00920. The molecule has 8 amide bonds. The van der Waals surface area contributed by atoms with Crippen LogP contribution in [0, 0.1) is 35.5 Å². The third kappa shape index (κ3) is 20.7. The van der Waals surface area contributed by atoms with Crippen LogP contribution in [0.5, 0.6) is 5.75 Å². The van der Waals surface area contributed by atoms with Crippen molar-refractivity contribution >= 4 is 70.4 Å². The highest BCUT2D eigenvalue weighted by atomic mass is 16.3. The molecular weight excluding hydrogens is 873 g/mol. The first kappa shape index (κ1) is 56.6. The van der Waals surface area contributed by atoms with E-state index in [1.54, 1.807) is 26.0 Å². The average molecular weight is 941 g/mol. The number of benzene rings is 1. The maximum absolute atomic E-state index is 14.1. The van der Waals surface area contributed by atoms with Crippen molar-refractivity contribution < 1.29 is 62.6 Å². The Morgan fingerprint density at radius 3 is 2.03 bits per heavy atom. The number of amides is 8. The van der Waals surface area contributed by atoms with Gasteiger partial charge in [-0.05, 0) is 62.1 Å². The number of nitrogens with two attached hydrogens (primary N) is 3. The first-order chi connectivity index (χ1) is 31.4. The van der Waals surface area contributed by atoms with Crippen LogP contribution >= 0.6 is 0 Å². The van der Waals surface area contributed by atoms with Gasteiger partial charge in [-0.15, -0.1) is 0 Å². The molecule has 12 N–H and O–H groups in total. The van der Waals surface area contributed by atoms with Gasteiger partial charge in [0.05, 0.1) is 37.6 Å². The number of primary amides is 3. The Labute approximate surface area is 390 Å². The summed E-state index contributed by atoms with van der Waals surface area (Å²) in [4.78, 5) is 158. The van der Waals surface area contributed by atoms with Crippen LogP contribution in [0.4, 0.5) is 0 Å². The topological polar surface area (TPSA) is 363 Å². The molecular formula is C46H68N8O13. The second-order valence-corrected chi connectivity index (χ2v) is 17.9. The smallest absolute Gasteiger partial charge is 0.236 e. The Bertz CT molecular complexity index is 1990. The number of carbonyl (C=O) groups excluding carboxylic acids is 12. The second kappa shape index (κ2) is 27.8. The molecule has 1 heterocycles. The van der Waals surface area contributed by atoms with Crippen LogP contribution in [0.15, 0.2) is 24.3 Å². The summed E-state index contributed by atoms with van der Waals surface area (Å²) in [5.74, 6) is -14.4. The molecule has 1 aliphatic heterocycles. The lowest BCUT2D eigenvalue weighted by Crippen LogP contribution is -2.50. The van der Waals surface area contributed by atoms with E-state index in [1.165, 1.54) is 19.1 Å². The zero-order chi connectivity index (χ0) is 50.5. The maximum Gasteiger partial charge on any atom is 0.236 e. The number of Topliss-reactive ketones (excluding diaryl/α,β-unsaturated/α-hetero) is 4. The van der Waals surface area contributed by atoms with Crippen molar-refractivity contribution in [1.29, 1.82) is 0 Å². The van der Waals surface area contributed by atoms with Gasteiger partial charge in [0.25, 0.3) is 0 Å². The number of rotatable bonds is 19. The minimum atomic E-state index is -1.66. The van der Waals surface area contributed by atoms with Crippen molar-refractivity contribution in [2.75, 3.05) is 13.1 Å². The molecule has 2 rings (SSSR count). The Morgan fingerprint density at radius 1 is 0.806 bits per heavy atom. The zero-order valence-corrected chi connectivity index (χ0v) is 39.0. The SMILES string of the molecule is CC[C@H](C)[C@@H]1NC(=O)[C@H](Cc2ccc(O)cc2)CC(=O)CNC(=O)CC[C@@H](C(=O)N[C@@H](C)C(=O)C[C@@H](CC(C)C)C(=O)NCC(N)=O)CC(=O)[C@H](CC(N)=O)NC(=O)[C@H](CCC(N)=O)CC1=O. The van der Waals surface area contributed by atoms with Crippen molar-refractivity contribution in [2.24, 2.45) is 52.7 Å². The molecule has 1 aromatic carbocycles. The summed E-state index contributed by atoms with van der Waals surface area (Å²) in [6.45, 7) is 7.47. The summed E-state index contributed by atoms with van der Waals surface area (Å²) in [6.07, 6.45) is -3.54. The molecule has 0 spiro atoms. The van der Waals surface area contributed by atoms with Gasteiger partial charge >= 0.3 is 0 Å². The van der Waals surface area contributed by atoms with Gasteiger partial charge in [0.2, 0.25) is 47.3 Å². The van der Waals surface area contributed by atoms with E-state index < -0.39 is 163 Å². The van der Waals surface area contributed by atoms with Crippen LogP contribution in [0.2, 0.25) is 0 Å². The van der Waals surface area contributed by atoms with Crippen molar-refractivity contribution in [3.63, 3.8) is 0 Å². The molecule has 1 aromatic rings. The quantitative estimate of drug-likeness (QED) is 0.0842. The molecule has 0 saturated carbocycles. The fourth-order valence-corrected chi connectivity index (χ4v) is 7.62. The first-order valence-corrected chi connectivity index (χ1v) is 22.6. The summed E-state index contributed by atoms with van der Waals surface area (Å²) in [7, 11) is 0. The summed E-state index contributed by atoms with van der Waals surface area (Å²) in [6, 6.07) is 1.83. The number of hydrogen-bond donors (Lipinski definition) is 9. The number of hydrogen-bond acceptors (Lipinski definition) is 13. The first-order valence-electron chi connectivity index (χ1n) is 22.6. The average Bonchev–Trinajstić information content (AvgIpc) is 3.25. The number of nitrogens with one attached hydrogen (secondary N) is 5. The summed E-state index contributed by atoms with van der Waals surface area (Å²) in [5.41, 5.74) is 16.6. The van der Waals surface area contributed by atoms with Crippen molar-refractivity contribution in [1.82, 2.24) is 26.6 Å². The summed E-state index contributed by atoms with van der Waals surface area (Å²) < 4.78 is 0. The highest BCUT2D eigenvalue weighted by molar-refractivity contribution is 5.99. The third-order valence-corrected chi connectivity index (χ3v) is 11.7. The standard InChI is InChI=1S/C46H68N8O13/c1-6-25(4)42-37(59)19-28(9-13-38(47)60)45(66)53-34(21-39(48)61)36(58)18-29(44(65)52-26(5)35(57)20-30(15-24(2)3)43(64)51-23-40(49)62)10-14-41(63)50-22-33(56)17-31(46(67)54-42)16-27-7-11-32(55)12-8-27/h7-8,11-12,24-26,28-31,34,42,55H,6,9-10,13-23H2,1-5H3,(H2,47,60)(H2,48,61)(H2,49,62)(H,50,63)(H,51,64)(H,52,65)(H,53,66)(H,54,67)/t25-,26-,28+,29+,30+,31+,34-,42-/m0/s1. The maximum atomic E-state index is 14.1. The predicted molar refractivity (Wildman–Crippen MR) is 241 cm³/mol. The Hall–Kier alpha value is -6.54. The molecule has 8 atom stereocenters. The van der Waals surface area contributed by atoms with Gasteiger partial charge < -0.3 is 48.9 Å². The largest absolute Gasteiger partial charge is 0.508 e. The molecule has 21 heteroatoms. The predicted octanol–water partition coefficient (Wildman–Crippen LogP) is -0.545. The lowest BCUT2D eigenvalue weighted by atomic mass is 9.86. The molecule has 67 heavy (non-hydrogen) atoms. The van der Waals surface area contributed by atoms with E-state index in [0.717, 1.165) is 0 Å². The van der Waals surface area contributed by atoms with Gasteiger partial charge in [-0.3, -0.25) is 57.5 Å². The Balaban J connectivity index is 2.58. The lowest BCUT2D eigenvalue weighted by molar-refractivity contribution is -0.137. The summed E-state index contributed by atoms with van der Waals surface area (Å²) >= 11 is 0. The number of carbonyl (C=O) groups is 12. The number of aromatic hydroxyl groups is 1. The molecule has 21 nitrogen and oxygen atoms in total. The molecule has 0 aromatic heterocycles. The molecule has 1 fully saturated rings. The third-order valence-electron chi connectivity index (χ3n) is 11.7. The Morgan fingerprint density at radius 2 is 1.45 bits per heavy atom. The summed E-state index contributed by atoms with van der Waals surface area (Å²) in [5, 5.41) is 22.4. The van der Waals surface area contributed by atoms with E-state index in [-0.39, 0.29) is 50.2 Å². The monoisotopic (exact) mass is 940 g/mol. The van der Waals surface area contributed by atoms with Gasteiger partial charge in [-0.1, -0.05) is 46.2 Å². The zero-order valence-electron chi connectivity index (χ0n) is 39.0. The van der Waals surface area contributed by atoms with Crippen LogP contribution in [0.25, 0.3) is 0 Å². The van der Waals surface area contributed by atoms with Crippen molar-refractivity contribution in [3.8, 4) is 5.75 Å². The van der Waals surface area contributed by atoms with Crippen molar-refractivity contribution in [2.45, 2.75) is 130 Å². The molecule has 0 unspecified atom stereocenters. The van der Waals surface area contributed by atoms with Gasteiger partial charge in [0.1, 0.15) is 5.75 Å². The Kier molecular flexibility index (Phi) is 23.5. The van der Waals surface area contributed by atoms with E-state index >= 15 is 0 Å². The molecule has 0 radical (unpaired) electrons. The van der Waals surface area contributed by atoms with Crippen LogP contribution < -0.4 is 43.8 Å². The second-order valence-electron chi connectivity index (χ2n) is 17.9. The van der Waals surface area contributed by atoms with Gasteiger partial charge in [0, 0.05) is 62.2 Å². The van der Waals surface area contributed by atoms with E-state index in [0.29, 0.717) is 12.0 Å². The van der Waals surface area contributed by atoms with Crippen LogP contribution in [0.3, 0.4) is 0 Å². The number of phenols is 1. The van der Waals surface area contributed by atoms with Crippen LogP contribution in [0.1, 0.15) is 111 Å². The number of phenolic OH excluding ortho intramolecular Hbond substituents is 1. The molecule has 1 aliphatic rings. The molecule has 0 aliphatic carbocycles. The molecule has 1 saturated heterocycles. The highest BCUT2D eigenvalue weighted by Gasteiger charge is 2.36. The van der Waals surface area contributed by atoms with Crippen molar-refractivity contribution in [3.05, 3.63) is 29.8 Å². The van der Waals surface area contributed by atoms with Gasteiger partial charge in [-0.2, -0.15) is 0 Å². The van der Waals surface area contributed by atoms with E-state index in [1.807, 2.05) is 13.8 Å². The minimum Gasteiger partial charge on any atom is -0.508 e. The fraction of sp³-hybridized carbons (Fsp3) is 0.609. The van der Waals surface area contributed by atoms with Gasteiger partial charge in [0.15, 0.2) is 23.1 Å². The van der Waals surface area contributed by atoms with E-state index in [9.17, 15) is 62.6 Å². The van der Waals surface area contributed by atoms with Crippen LogP contribution in [-0.2, 0) is 64.0 Å². The normalized spacial score (nSPS) is 22.0. The molecule has 0 bridgehead atoms. The lowest BCUT2D eigenvalue weighted by Gasteiger charge is -2.28. The fourth-order valence-electron chi connectivity index (χ4n) is 7.62. The van der Waals surface area contributed by atoms with Gasteiger partial charge in [-0.25, -0.2) is 0 Å². The molecule has 370 valence electrons. The van der Waals surface area contributed by atoms with E-state index in [2.05, 4.69) is 26.6 Å². The van der Waals surface area contributed by atoms with Crippen LogP contribution in [-0.4, -0.2) is 107 Å². The number of ketones is 4. The van der Waals surface area contributed by atoms with E-state index in [4.69, 9.17) is 17.2 Å².